The summed E-state index contributed by atoms with van der Waals surface area (Å²) in [6.45, 7) is 6.47. The predicted molar refractivity (Wildman–Crippen MR) is 155 cm³/mol. The van der Waals surface area contributed by atoms with Gasteiger partial charge in [0.05, 0.1) is 0 Å². The number of Topliss-reactive ketones (excluding diaryl/α,β-unsaturated/α-hetero) is 1. The van der Waals surface area contributed by atoms with E-state index in [1.807, 2.05) is 81.4 Å². The van der Waals surface area contributed by atoms with Crippen LogP contribution in [0.1, 0.15) is 67.9 Å². The molecule has 212 valence electrons. The molecule has 0 bridgehead atoms. The molecule has 4 rings (SSSR count). The fourth-order valence-electron chi connectivity index (χ4n) is 5.36. The maximum Gasteiger partial charge on any atom is 0.410 e. The maximum atomic E-state index is 14.0. The Labute approximate surface area is 236 Å². The van der Waals surface area contributed by atoms with Gasteiger partial charge in [0.2, 0.25) is 0 Å². The molecule has 3 unspecified atom stereocenters. The second kappa shape index (κ2) is 13.5. The van der Waals surface area contributed by atoms with Gasteiger partial charge in [-0.2, -0.15) is 0 Å². The van der Waals surface area contributed by atoms with Gasteiger partial charge in [0, 0.05) is 48.7 Å². The predicted octanol–water partition coefficient (Wildman–Crippen LogP) is 6.13. The average Bonchev–Trinajstić information content (AvgIpc) is 2.96. The Hall–Kier alpha value is -3.75. The fourth-order valence-corrected chi connectivity index (χ4v) is 5.36. The first-order valence-electron chi connectivity index (χ1n) is 13.9. The summed E-state index contributed by atoms with van der Waals surface area (Å²) in [4.78, 5) is 38.9. The van der Waals surface area contributed by atoms with Crippen molar-refractivity contribution in [1.82, 2.24) is 9.88 Å². The van der Waals surface area contributed by atoms with Gasteiger partial charge in [-0.1, -0.05) is 55.3 Å². The van der Waals surface area contributed by atoms with Gasteiger partial charge in [-0.3, -0.25) is 14.6 Å². The van der Waals surface area contributed by atoms with Gasteiger partial charge in [0.15, 0.2) is 5.78 Å². The lowest BCUT2D eigenvalue weighted by molar-refractivity contribution is -0.0372. The number of nitrogens with two attached hydrogens (primary N) is 1. The van der Waals surface area contributed by atoms with Crippen molar-refractivity contribution in [3.63, 3.8) is 0 Å². The van der Waals surface area contributed by atoms with E-state index in [2.05, 4.69) is 10.3 Å². The molecule has 8 nitrogen and oxygen atoms in total. The van der Waals surface area contributed by atoms with Gasteiger partial charge in [-0.25, -0.2) is 10.7 Å². The van der Waals surface area contributed by atoms with E-state index in [4.69, 9.17) is 15.5 Å². The number of carbonyl (C=O) groups is 2. The number of benzene rings is 2. The molecule has 1 fully saturated rings. The van der Waals surface area contributed by atoms with Gasteiger partial charge < -0.3 is 15.0 Å². The molecular formula is C32H40N4O4. The van der Waals surface area contributed by atoms with Crippen LogP contribution in [0.15, 0.2) is 79.1 Å². The van der Waals surface area contributed by atoms with Crippen LogP contribution in [-0.2, 0) is 22.7 Å². The molecule has 1 aliphatic rings. The molecule has 1 aliphatic carbocycles. The van der Waals surface area contributed by atoms with Crippen molar-refractivity contribution in [3.05, 3.63) is 95.8 Å². The standard InChI is InChI=1S/C32H40N4O4/c1-32(2,3)39-31(38)36(22-24-11-5-4-6-12-24)28-16-10-8-14-26(28)30(40-33)29(37)25-13-7-9-15-27(25)35-21-23-17-19-34-20-18-23/h4-7,9,11-13,15,17-20,26,28,30,35H,8,10,14,16,21-22,33H2,1-3H3. The van der Waals surface area contributed by atoms with Crippen molar-refractivity contribution in [2.24, 2.45) is 11.8 Å². The Morgan fingerprint density at radius 1 is 0.975 bits per heavy atom. The van der Waals surface area contributed by atoms with Crippen molar-refractivity contribution < 1.29 is 19.2 Å². The highest BCUT2D eigenvalue weighted by Gasteiger charge is 2.42. The number of ether oxygens (including phenoxy) is 1. The molecule has 1 aromatic heterocycles. The minimum atomic E-state index is -0.921. The number of hydrogen-bond donors (Lipinski definition) is 2. The summed E-state index contributed by atoms with van der Waals surface area (Å²) in [5.74, 6) is 5.36. The Balaban J connectivity index is 1.61. The highest BCUT2D eigenvalue weighted by molar-refractivity contribution is 6.04. The monoisotopic (exact) mass is 544 g/mol. The summed E-state index contributed by atoms with van der Waals surface area (Å²) in [5, 5.41) is 3.37. The maximum absolute atomic E-state index is 14.0. The normalized spacial score (nSPS) is 18.0. The van der Waals surface area contributed by atoms with E-state index >= 15 is 0 Å². The Morgan fingerprint density at radius 3 is 2.35 bits per heavy atom. The number of ketones is 1. The van der Waals surface area contributed by atoms with Gasteiger partial charge in [0.25, 0.3) is 0 Å². The summed E-state index contributed by atoms with van der Waals surface area (Å²) >= 11 is 0. The SMILES string of the molecule is CC(C)(C)OC(=O)N(Cc1ccccc1)C1CCCCC1C(ON)C(=O)c1ccccc1NCc1ccncc1. The third-order valence-corrected chi connectivity index (χ3v) is 7.22. The second-order valence-electron chi connectivity index (χ2n) is 11.3. The number of anilines is 1. The van der Waals surface area contributed by atoms with Crippen LogP contribution in [0.5, 0.6) is 0 Å². The first kappa shape index (κ1) is 29.2. The number of para-hydroxylation sites is 1. The van der Waals surface area contributed by atoms with E-state index in [0.29, 0.717) is 30.8 Å². The van der Waals surface area contributed by atoms with Crippen molar-refractivity contribution in [3.8, 4) is 0 Å². The molecular weight excluding hydrogens is 504 g/mol. The van der Waals surface area contributed by atoms with Crippen LogP contribution < -0.4 is 11.2 Å². The van der Waals surface area contributed by atoms with Gasteiger partial charge >= 0.3 is 6.09 Å². The van der Waals surface area contributed by atoms with E-state index in [0.717, 1.165) is 30.4 Å². The van der Waals surface area contributed by atoms with E-state index in [9.17, 15) is 9.59 Å². The lowest BCUT2D eigenvalue weighted by Crippen LogP contribution is -2.53. The Kier molecular flexibility index (Phi) is 9.90. The zero-order chi connectivity index (χ0) is 28.5. The van der Waals surface area contributed by atoms with Gasteiger partial charge in [0.1, 0.15) is 11.7 Å². The smallest absolute Gasteiger partial charge is 0.410 e. The molecule has 0 spiro atoms. The van der Waals surface area contributed by atoms with E-state index in [1.54, 1.807) is 23.4 Å². The van der Waals surface area contributed by atoms with Crippen LogP contribution in [0.25, 0.3) is 0 Å². The van der Waals surface area contributed by atoms with Crippen LogP contribution in [0.3, 0.4) is 0 Å². The molecule has 0 aliphatic heterocycles. The highest BCUT2D eigenvalue weighted by Crippen LogP contribution is 2.35. The van der Waals surface area contributed by atoms with Crippen molar-refractivity contribution in [2.75, 3.05) is 5.32 Å². The molecule has 1 heterocycles. The van der Waals surface area contributed by atoms with E-state index < -0.39 is 17.8 Å². The average molecular weight is 545 g/mol. The molecule has 2 aromatic carbocycles. The van der Waals surface area contributed by atoms with Crippen molar-refractivity contribution in [1.29, 1.82) is 0 Å². The zero-order valence-corrected chi connectivity index (χ0v) is 23.6. The third kappa shape index (κ3) is 7.67. The van der Waals surface area contributed by atoms with Gasteiger partial charge in [-0.15, -0.1) is 0 Å². The first-order valence-corrected chi connectivity index (χ1v) is 13.9. The van der Waals surface area contributed by atoms with Crippen LogP contribution >= 0.6 is 0 Å². The summed E-state index contributed by atoms with van der Waals surface area (Å²) in [7, 11) is 0. The molecule has 3 atom stereocenters. The summed E-state index contributed by atoms with van der Waals surface area (Å²) in [6.07, 6.45) is 5.44. The number of amides is 1. The minimum absolute atomic E-state index is 0.207. The third-order valence-electron chi connectivity index (χ3n) is 7.22. The molecule has 1 amide bonds. The number of aromatic nitrogens is 1. The summed E-state index contributed by atoms with van der Waals surface area (Å²) in [5.41, 5.74) is 2.58. The summed E-state index contributed by atoms with van der Waals surface area (Å²) < 4.78 is 5.84. The highest BCUT2D eigenvalue weighted by atomic mass is 16.6. The quantitative estimate of drug-likeness (QED) is 0.233. The fraction of sp³-hybridized carbons (Fsp3) is 0.406. The molecule has 1 saturated carbocycles. The van der Waals surface area contributed by atoms with Crippen molar-refractivity contribution >= 4 is 17.6 Å². The van der Waals surface area contributed by atoms with Gasteiger partial charge in [-0.05, 0) is 69.0 Å². The van der Waals surface area contributed by atoms with E-state index in [-0.39, 0.29) is 17.7 Å². The first-order chi connectivity index (χ1) is 19.3. The van der Waals surface area contributed by atoms with Crippen LogP contribution in [-0.4, -0.2) is 39.5 Å². The Morgan fingerprint density at radius 2 is 1.65 bits per heavy atom. The lowest BCUT2D eigenvalue weighted by atomic mass is 9.77. The molecule has 0 saturated heterocycles. The largest absolute Gasteiger partial charge is 0.444 e. The molecule has 40 heavy (non-hydrogen) atoms. The minimum Gasteiger partial charge on any atom is -0.444 e. The number of nitrogens with zero attached hydrogens (tertiary/aromatic N) is 2. The summed E-state index contributed by atoms with van der Waals surface area (Å²) in [6, 6.07) is 20.8. The van der Waals surface area contributed by atoms with Crippen molar-refractivity contribution in [2.45, 2.75) is 77.3 Å². The molecule has 8 heteroatoms. The Bertz CT molecular complexity index is 1250. The van der Waals surface area contributed by atoms with E-state index in [1.165, 1.54) is 0 Å². The molecule has 3 aromatic rings. The number of carbonyl (C=O) groups excluding carboxylic acids is 2. The van der Waals surface area contributed by atoms with Crippen LogP contribution in [0.2, 0.25) is 0 Å². The van der Waals surface area contributed by atoms with Crippen LogP contribution in [0.4, 0.5) is 10.5 Å². The zero-order valence-electron chi connectivity index (χ0n) is 23.6. The van der Waals surface area contributed by atoms with Crippen LogP contribution in [0, 0.1) is 5.92 Å². The number of nitrogens with one attached hydrogen (secondary N) is 1. The number of hydrogen-bond acceptors (Lipinski definition) is 7. The number of rotatable bonds is 10. The molecule has 0 radical (unpaired) electrons. The molecule has 3 N–H and O–H groups in total. The second-order valence-corrected chi connectivity index (χ2v) is 11.3. The number of pyridine rings is 1. The topological polar surface area (TPSA) is 107 Å². The lowest BCUT2D eigenvalue weighted by Gasteiger charge is -2.42.